The van der Waals surface area contributed by atoms with Crippen LogP contribution in [0.2, 0.25) is 0 Å². The first-order valence-corrected chi connectivity index (χ1v) is 9.52. The third-order valence-electron chi connectivity index (χ3n) is 4.17. The average molecular weight is 399 g/mol. The first-order chi connectivity index (χ1) is 14.0. The van der Waals surface area contributed by atoms with Crippen LogP contribution in [0.5, 0.6) is 11.5 Å². The summed E-state index contributed by atoms with van der Waals surface area (Å²) in [6.45, 7) is 3.72. The molecule has 2 N–H and O–H groups in total. The number of aryl methyl sites for hydroxylation is 1. The predicted octanol–water partition coefficient (Wildman–Crippen LogP) is 2.21. The Morgan fingerprint density at radius 1 is 1.00 bits per heavy atom. The van der Waals surface area contributed by atoms with Crippen molar-refractivity contribution in [3.05, 3.63) is 59.7 Å². The van der Waals surface area contributed by atoms with Crippen LogP contribution in [0.4, 0.5) is 0 Å². The lowest BCUT2D eigenvalue weighted by Gasteiger charge is -2.15. The van der Waals surface area contributed by atoms with Crippen molar-refractivity contribution < 1.29 is 14.3 Å². The van der Waals surface area contributed by atoms with Gasteiger partial charge < -0.3 is 25.0 Å². The SMILES string of the molecule is COc1ccc(CN=C(NCCOc2ccc(C)cc2)NCC(=O)N(C)C)cc1. The topological polar surface area (TPSA) is 75.2 Å². The molecule has 0 aliphatic rings. The number of aliphatic imine (C=N–C) groups is 1. The molecule has 1 amide bonds. The Morgan fingerprint density at radius 3 is 2.28 bits per heavy atom. The van der Waals surface area contributed by atoms with E-state index in [0.29, 0.717) is 25.7 Å². The van der Waals surface area contributed by atoms with Crippen molar-refractivity contribution in [1.82, 2.24) is 15.5 Å². The van der Waals surface area contributed by atoms with Crippen LogP contribution < -0.4 is 20.1 Å². The van der Waals surface area contributed by atoms with Crippen molar-refractivity contribution in [2.45, 2.75) is 13.5 Å². The monoisotopic (exact) mass is 398 g/mol. The fourth-order valence-corrected chi connectivity index (χ4v) is 2.37. The van der Waals surface area contributed by atoms with Gasteiger partial charge in [0, 0.05) is 14.1 Å². The van der Waals surface area contributed by atoms with Gasteiger partial charge in [-0.25, -0.2) is 4.99 Å². The maximum Gasteiger partial charge on any atom is 0.241 e. The number of likely N-dealkylation sites (N-methyl/N-ethyl adjacent to an activating group) is 1. The third kappa shape index (κ3) is 8.13. The van der Waals surface area contributed by atoms with Crippen LogP contribution >= 0.6 is 0 Å². The molecule has 0 aromatic heterocycles. The molecular weight excluding hydrogens is 368 g/mol. The number of carbonyl (C=O) groups excluding carboxylic acids is 1. The lowest BCUT2D eigenvalue weighted by molar-refractivity contribution is -0.127. The van der Waals surface area contributed by atoms with Gasteiger partial charge in [-0.05, 0) is 36.8 Å². The lowest BCUT2D eigenvalue weighted by atomic mass is 10.2. The van der Waals surface area contributed by atoms with E-state index in [1.165, 1.54) is 10.5 Å². The van der Waals surface area contributed by atoms with E-state index in [9.17, 15) is 4.79 Å². The van der Waals surface area contributed by atoms with E-state index in [4.69, 9.17) is 9.47 Å². The van der Waals surface area contributed by atoms with Crippen LogP contribution in [-0.4, -0.2) is 57.7 Å². The first-order valence-electron chi connectivity index (χ1n) is 9.52. The van der Waals surface area contributed by atoms with Crippen LogP contribution in [0.25, 0.3) is 0 Å². The largest absolute Gasteiger partial charge is 0.497 e. The Labute approximate surface area is 172 Å². The summed E-state index contributed by atoms with van der Waals surface area (Å²) in [5, 5.41) is 6.27. The summed E-state index contributed by atoms with van der Waals surface area (Å²) in [6, 6.07) is 15.6. The molecule has 0 bridgehead atoms. The minimum Gasteiger partial charge on any atom is -0.497 e. The molecule has 2 rings (SSSR count). The molecule has 2 aromatic carbocycles. The number of ether oxygens (including phenoxy) is 2. The fourth-order valence-electron chi connectivity index (χ4n) is 2.37. The summed E-state index contributed by atoms with van der Waals surface area (Å²) in [5.41, 5.74) is 2.24. The van der Waals surface area contributed by atoms with Gasteiger partial charge in [0.15, 0.2) is 5.96 Å². The van der Waals surface area contributed by atoms with Gasteiger partial charge >= 0.3 is 0 Å². The third-order valence-corrected chi connectivity index (χ3v) is 4.17. The summed E-state index contributed by atoms with van der Waals surface area (Å²) in [5.74, 6) is 2.16. The quantitative estimate of drug-likeness (QED) is 0.385. The van der Waals surface area contributed by atoms with Crippen LogP contribution in [0.1, 0.15) is 11.1 Å². The van der Waals surface area contributed by atoms with Gasteiger partial charge in [-0.3, -0.25) is 4.79 Å². The number of hydrogen-bond donors (Lipinski definition) is 2. The second-order valence-electron chi connectivity index (χ2n) is 6.74. The van der Waals surface area contributed by atoms with Gasteiger partial charge in [0.1, 0.15) is 18.1 Å². The molecule has 0 fully saturated rings. The number of amides is 1. The minimum absolute atomic E-state index is 0.0279. The van der Waals surface area contributed by atoms with E-state index in [1.807, 2.05) is 55.5 Å². The van der Waals surface area contributed by atoms with E-state index in [2.05, 4.69) is 15.6 Å². The standard InChI is InChI=1S/C22H30N4O3/c1-17-5-9-20(10-6-17)29-14-13-23-22(25-16-21(27)26(2)3)24-15-18-7-11-19(28-4)12-8-18/h5-12H,13-16H2,1-4H3,(H2,23,24,25). The zero-order chi connectivity index (χ0) is 21.1. The summed E-state index contributed by atoms with van der Waals surface area (Å²) in [4.78, 5) is 18.0. The highest BCUT2D eigenvalue weighted by Gasteiger charge is 2.06. The van der Waals surface area contributed by atoms with Crippen molar-refractivity contribution in [2.24, 2.45) is 4.99 Å². The molecular formula is C22H30N4O3. The molecule has 0 aliphatic carbocycles. The lowest BCUT2D eigenvalue weighted by Crippen LogP contribution is -2.44. The maximum absolute atomic E-state index is 11.9. The fraction of sp³-hybridized carbons (Fsp3) is 0.364. The van der Waals surface area contributed by atoms with Crippen LogP contribution in [-0.2, 0) is 11.3 Å². The highest BCUT2D eigenvalue weighted by atomic mass is 16.5. The molecule has 7 heteroatoms. The summed E-state index contributed by atoms with van der Waals surface area (Å²) in [6.07, 6.45) is 0. The van der Waals surface area contributed by atoms with Crippen LogP contribution in [0.15, 0.2) is 53.5 Å². The number of rotatable bonds is 9. The number of carbonyl (C=O) groups is 1. The van der Waals surface area contributed by atoms with Crippen molar-refractivity contribution in [3.8, 4) is 11.5 Å². The van der Waals surface area contributed by atoms with Crippen molar-refractivity contribution >= 4 is 11.9 Å². The second-order valence-corrected chi connectivity index (χ2v) is 6.74. The average Bonchev–Trinajstić information content (AvgIpc) is 2.73. The molecule has 156 valence electrons. The van der Waals surface area contributed by atoms with Crippen molar-refractivity contribution in [1.29, 1.82) is 0 Å². The summed E-state index contributed by atoms with van der Waals surface area (Å²) >= 11 is 0. The molecule has 0 saturated heterocycles. The second kappa shape index (κ2) is 11.6. The van der Waals surface area contributed by atoms with E-state index in [-0.39, 0.29) is 12.5 Å². The normalized spacial score (nSPS) is 11.0. The maximum atomic E-state index is 11.9. The zero-order valence-corrected chi connectivity index (χ0v) is 17.6. The molecule has 0 atom stereocenters. The van der Waals surface area contributed by atoms with Gasteiger partial charge in [0.05, 0.1) is 26.7 Å². The van der Waals surface area contributed by atoms with Gasteiger partial charge in [-0.2, -0.15) is 0 Å². The van der Waals surface area contributed by atoms with Gasteiger partial charge in [-0.1, -0.05) is 29.8 Å². The van der Waals surface area contributed by atoms with E-state index >= 15 is 0 Å². The number of benzene rings is 2. The molecule has 0 aliphatic heterocycles. The Hall–Kier alpha value is -3.22. The number of methoxy groups -OCH3 is 1. The number of nitrogens with one attached hydrogen (secondary N) is 2. The zero-order valence-electron chi connectivity index (χ0n) is 17.6. The minimum atomic E-state index is -0.0279. The number of hydrogen-bond acceptors (Lipinski definition) is 4. The molecule has 0 unspecified atom stereocenters. The summed E-state index contributed by atoms with van der Waals surface area (Å²) in [7, 11) is 5.08. The Kier molecular flexibility index (Phi) is 8.82. The molecule has 0 heterocycles. The first kappa shape index (κ1) is 22.1. The van der Waals surface area contributed by atoms with Gasteiger partial charge in [-0.15, -0.1) is 0 Å². The molecule has 0 radical (unpaired) electrons. The molecule has 0 spiro atoms. The van der Waals surface area contributed by atoms with Crippen molar-refractivity contribution in [2.75, 3.05) is 40.9 Å². The van der Waals surface area contributed by atoms with Crippen LogP contribution in [0, 0.1) is 6.92 Å². The number of guanidine groups is 1. The Bertz CT molecular complexity index is 787. The highest BCUT2D eigenvalue weighted by Crippen LogP contribution is 2.12. The van der Waals surface area contributed by atoms with E-state index in [0.717, 1.165) is 17.1 Å². The highest BCUT2D eigenvalue weighted by molar-refractivity contribution is 5.86. The van der Waals surface area contributed by atoms with Crippen molar-refractivity contribution in [3.63, 3.8) is 0 Å². The Balaban J connectivity index is 1.89. The predicted molar refractivity (Wildman–Crippen MR) is 116 cm³/mol. The smallest absolute Gasteiger partial charge is 0.241 e. The molecule has 2 aromatic rings. The molecule has 29 heavy (non-hydrogen) atoms. The van der Waals surface area contributed by atoms with E-state index in [1.54, 1.807) is 21.2 Å². The Morgan fingerprint density at radius 2 is 1.66 bits per heavy atom. The van der Waals surface area contributed by atoms with Gasteiger partial charge in [0.25, 0.3) is 0 Å². The molecule has 7 nitrogen and oxygen atoms in total. The van der Waals surface area contributed by atoms with E-state index < -0.39 is 0 Å². The summed E-state index contributed by atoms with van der Waals surface area (Å²) < 4.78 is 10.9. The van der Waals surface area contributed by atoms with Gasteiger partial charge in [0.2, 0.25) is 5.91 Å². The van der Waals surface area contributed by atoms with Crippen LogP contribution in [0.3, 0.4) is 0 Å². The molecule has 0 saturated carbocycles. The number of nitrogens with zero attached hydrogens (tertiary/aromatic N) is 2.